The second-order valence-electron chi connectivity index (χ2n) is 10.1. The molecule has 2 aromatic carbocycles. The van der Waals surface area contributed by atoms with Gasteiger partial charge in [-0.05, 0) is 85.8 Å². The third-order valence-corrected chi connectivity index (χ3v) is 7.35. The van der Waals surface area contributed by atoms with Crippen LogP contribution in [0.3, 0.4) is 0 Å². The molecule has 0 radical (unpaired) electrons. The maximum atomic E-state index is 9.01. The van der Waals surface area contributed by atoms with Crippen LogP contribution in [0.4, 0.5) is 0 Å². The minimum absolute atomic E-state index is 0.174. The van der Waals surface area contributed by atoms with Gasteiger partial charge in [0.2, 0.25) is 0 Å². The van der Waals surface area contributed by atoms with E-state index in [0.717, 1.165) is 24.7 Å². The van der Waals surface area contributed by atoms with Crippen molar-refractivity contribution in [1.29, 1.82) is 0 Å². The van der Waals surface area contributed by atoms with E-state index in [9.17, 15) is 0 Å². The third kappa shape index (κ3) is 9.70. The first-order valence-electron chi connectivity index (χ1n) is 13.5. The average molecular weight is 469 g/mol. The quantitative estimate of drug-likeness (QED) is 0.353. The first-order chi connectivity index (χ1) is 16.3. The fraction of sp³-hybridized carbons (Fsp3) is 0.613. The molecule has 34 heavy (non-hydrogen) atoms. The Morgan fingerprint density at radius 3 is 2.03 bits per heavy atom. The van der Waals surface area contributed by atoms with E-state index in [1.807, 2.05) is 19.1 Å². The molecule has 2 aromatic rings. The normalized spacial score (nSPS) is 16.8. The van der Waals surface area contributed by atoms with E-state index in [1.54, 1.807) is 12.1 Å². The molecule has 190 valence electrons. The molecule has 3 nitrogen and oxygen atoms in total. The van der Waals surface area contributed by atoms with Crippen LogP contribution in [0.25, 0.3) is 0 Å². The SMILES string of the molecule is CCC(C)c1ccc(O)cc1.CCC(C)c1ccc(OC(C)OCCC2CCCCC2)c(C)c1. The van der Waals surface area contributed by atoms with Gasteiger partial charge in [-0.1, -0.05) is 84.1 Å². The molecular formula is C31H48O3. The van der Waals surface area contributed by atoms with Crippen LogP contribution < -0.4 is 4.74 Å². The first-order valence-corrected chi connectivity index (χ1v) is 13.5. The van der Waals surface area contributed by atoms with Crippen molar-refractivity contribution < 1.29 is 14.6 Å². The molecule has 1 aliphatic rings. The molecule has 1 N–H and O–H groups in total. The van der Waals surface area contributed by atoms with Crippen LogP contribution >= 0.6 is 0 Å². The average Bonchev–Trinajstić information content (AvgIpc) is 2.85. The molecule has 3 unspecified atom stereocenters. The van der Waals surface area contributed by atoms with Crippen molar-refractivity contribution in [3.63, 3.8) is 0 Å². The highest BCUT2D eigenvalue weighted by molar-refractivity contribution is 5.37. The number of hydrogen-bond donors (Lipinski definition) is 1. The van der Waals surface area contributed by atoms with Crippen LogP contribution in [0.1, 0.15) is 115 Å². The Labute approximate surface area is 208 Å². The number of aryl methyl sites for hydroxylation is 1. The first kappa shape index (κ1) is 28.2. The van der Waals surface area contributed by atoms with Gasteiger partial charge in [-0.25, -0.2) is 0 Å². The van der Waals surface area contributed by atoms with Gasteiger partial charge < -0.3 is 14.6 Å². The van der Waals surface area contributed by atoms with Crippen molar-refractivity contribution in [3.05, 3.63) is 59.2 Å². The maximum absolute atomic E-state index is 9.01. The molecule has 0 amide bonds. The van der Waals surface area contributed by atoms with Crippen LogP contribution in [-0.2, 0) is 4.74 Å². The molecule has 1 fully saturated rings. The third-order valence-electron chi connectivity index (χ3n) is 7.35. The number of aromatic hydroxyl groups is 1. The summed E-state index contributed by atoms with van der Waals surface area (Å²) in [5.74, 6) is 3.36. The highest BCUT2D eigenvalue weighted by atomic mass is 16.7. The summed E-state index contributed by atoms with van der Waals surface area (Å²) >= 11 is 0. The van der Waals surface area contributed by atoms with Gasteiger partial charge in [0.1, 0.15) is 11.5 Å². The minimum Gasteiger partial charge on any atom is -0.508 e. The van der Waals surface area contributed by atoms with Crippen LogP contribution in [0.2, 0.25) is 0 Å². The lowest BCUT2D eigenvalue weighted by atomic mass is 9.87. The Morgan fingerprint density at radius 2 is 1.44 bits per heavy atom. The molecular weight excluding hydrogens is 420 g/mol. The summed E-state index contributed by atoms with van der Waals surface area (Å²) in [6.07, 6.45) is 10.3. The zero-order chi connectivity index (χ0) is 24.9. The molecule has 0 bridgehead atoms. The van der Waals surface area contributed by atoms with E-state index in [4.69, 9.17) is 14.6 Å². The van der Waals surface area contributed by atoms with Crippen LogP contribution in [-0.4, -0.2) is 18.0 Å². The fourth-order valence-corrected chi connectivity index (χ4v) is 4.47. The minimum atomic E-state index is -0.174. The molecule has 3 rings (SSSR count). The van der Waals surface area contributed by atoms with Gasteiger partial charge >= 0.3 is 0 Å². The van der Waals surface area contributed by atoms with E-state index in [0.29, 0.717) is 17.6 Å². The summed E-state index contributed by atoms with van der Waals surface area (Å²) < 4.78 is 11.9. The highest BCUT2D eigenvalue weighted by Gasteiger charge is 2.14. The zero-order valence-corrected chi connectivity index (χ0v) is 22.5. The van der Waals surface area contributed by atoms with E-state index >= 15 is 0 Å². The van der Waals surface area contributed by atoms with Crippen molar-refractivity contribution in [2.24, 2.45) is 5.92 Å². The lowest BCUT2D eigenvalue weighted by Crippen LogP contribution is -2.19. The Balaban J connectivity index is 0.000000310. The monoisotopic (exact) mass is 468 g/mol. The molecule has 3 heteroatoms. The van der Waals surface area contributed by atoms with Gasteiger partial charge in [0.05, 0.1) is 6.61 Å². The standard InChI is InChI=1S/C21H34O2.C10H14O/c1-5-16(2)20-11-12-21(17(3)15-20)23-18(4)22-14-13-19-9-7-6-8-10-19;1-3-8(2)9-4-6-10(11)7-5-9/h11-12,15-16,18-19H,5-10,13-14H2,1-4H3;4-8,11H,3H2,1-2H3. The van der Waals surface area contributed by atoms with Crippen LogP contribution in [0.15, 0.2) is 42.5 Å². The number of ether oxygens (including phenoxy) is 2. The molecule has 1 saturated carbocycles. The van der Waals surface area contributed by atoms with Crippen molar-refractivity contribution >= 4 is 0 Å². The van der Waals surface area contributed by atoms with E-state index in [2.05, 4.69) is 52.8 Å². The second kappa shape index (κ2) is 15.1. The topological polar surface area (TPSA) is 38.7 Å². The van der Waals surface area contributed by atoms with E-state index in [-0.39, 0.29) is 6.29 Å². The van der Waals surface area contributed by atoms with Gasteiger partial charge in [0, 0.05) is 0 Å². The van der Waals surface area contributed by atoms with Crippen LogP contribution in [0.5, 0.6) is 11.5 Å². The summed E-state index contributed by atoms with van der Waals surface area (Å²) in [6.45, 7) is 13.8. The number of rotatable bonds is 10. The van der Waals surface area contributed by atoms with Crippen molar-refractivity contribution in [2.75, 3.05) is 6.61 Å². The van der Waals surface area contributed by atoms with Gasteiger partial charge in [-0.3, -0.25) is 0 Å². The van der Waals surface area contributed by atoms with Gasteiger partial charge in [0.25, 0.3) is 0 Å². The summed E-state index contributed by atoms with van der Waals surface area (Å²) in [6, 6.07) is 14.0. The lowest BCUT2D eigenvalue weighted by Gasteiger charge is -2.23. The van der Waals surface area contributed by atoms with E-state index < -0.39 is 0 Å². The maximum Gasteiger partial charge on any atom is 0.196 e. The van der Waals surface area contributed by atoms with Gasteiger partial charge in [-0.15, -0.1) is 0 Å². The molecule has 0 spiro atoms. The zero-order valence-electron chi connectivity index (χ0n) is 22.5. The van der Waals surface area contributed by atoms with Gasteiger partial charge in [-0.2, -0.15) is 0 Å². The molecule has 1 aliphatic carbocycles. The summed E-state index contributed by atoms with van der Waals surface area (Å²) in [5, 5.41) is 9.01. The second-order valence-corrected chi connectivity index (χ2v) is 10.1. The number of hydrogen-bond acceptors (Lipinski definition) is 3. The van der Waals surface area contributed by atoms with E-state index in [1.165, 1.54) is 61.6 Å². The molecule has 0 heterocycles. The van der Waals surface area contributed by atoms with Crippen molar-refractivity contribution in [2.45, 2.75) is 111 Å². The molecule has 0 aromatic heterocycles. The molecule has 0 saturated heterocycles. The number of benzene rings is 2. The summed E-state index contributed by atoms with van der Waals surface area (Å²) in [4.78, 5) is 0. The Kier molecular flexibility index (Phi) is 12.5. The summed E-state index contributed by atoms with van der Waals surface area (Å²) in [7, 11) is 0. The van der Waals surface area contributed by atoms with Crippen molar-refractivity contribution in [1.82, 2.24) is 0 Å². The Hall–Kier alpha value is -2.00. The molecule has 3 atom stereocenters. The fourth-order valence-electron chi connectivity index (χ4n) is 4.47. The Bertz CT molecular complexity index is 808. The smallest absolute Gasteiger partial charge is 0.196 e. The highest BCUT2D eigenvalue weighted by Crippen LogP contribution is 2.28. The van der Waals surface area contributed by atoms with Gasteiger partial charge in [0.15, 0.2) is 6.29 Å². The largest absolute Gasteiger partial charge is 0.508 e. The number of phenols is 1. The lowest BCUT2D eigenvalue weighted by molar-refractivity contribution is -0.0714. The number of phenolic OH excluding ortho intramolecular Hbond substituents is 1. The van der Waals surface area contributed by atoms with Crippen molar-refractivity contribution in [3.8, 4) is 11.5 Å². The summed E-state index contributed by atoms with van der Waals surface area (Å²) in [5.41, 5.74) is 3.89. The Morgan fingerprint density at radius 1 is 0.853 bits per heavy atom. The molecule has 0 aliphatic heterocycles. The predicted molar refractivity (Wildman–Crippen MR) is 144 cm³/mol. The van der Waals surface area contributed by atoms with Crippen LogP contribution in [0, 0.1) is 12.8 Å². The predicted octanol–water partition coefficient (Wildman–Crippen LogP) is 9.13.